The van der Waals surface area contributed by atoms with Crippen LogP contribution in [0.4, 0.5) is 4.79 Å². The Morgan fingerprint density at radius 1 is 1.19 bits per heavy atom. The summed E-state index contributed by atoms with van der Waals surface area (Å²) in [6.07, 6.45) is 1.63. The predicted molar refractivity (Wildman–Crippen MR) is 123 cm³/mol. The number of imidazole rings is 1. The highest BCUT2D eigenvalue weighted by molar-refractivity contribution is 14.1. The molecule has 4 rings (SSSR count). The molecule has 2 aromatic carbocycles. The first kappa shape index (κ1) is 21.6. The van der Waals surface area contributed by atoms with Crippen LogP contribution in [-0.4, -0.2) is 45.1 Å². The summed E-state index contributed by atoms with van der Waals surface area (Å²) in [6, 6.07) is 11.2. The standard InChI is InChI=1S/C21H18ClIN4O4/c22-16-9-13(23)3-6-15(16)17-10-24-18(25-17)11-27-20(29)19(26-21(27)30)12-1-4-14(5-2-12)31-8-7-28/h1-6,9-10,19,28H,7-8,11H2,(H,24,25)(H,26,30)/t19-/m1/s1. The maximum atomic E-state index is 12.9. The molecule has 8 nitrogen and oxygen atoms in total. The minimum atomic E-state index is -0.778. The molecule has 1 fully saturated rings. The molecule has 0 unspecified atom stereocenters. The van der Waals surface area contributed by atoms with E-state index in [1.807, 2.05) is 18.2 Å². The molecule has 160 valence electrons. The number of amides is 3. The largest absolute Gasteiger partial charge is 0.491 e. The Morgan fingerprint density at radius 3 is 2.68 bits per heavy atom. The quantitative estimate of drug-likeness (QED) is 0.307. The van der Waals surface area contributed by atoms with Crippen LogP contribution in [0.25, 0.3) is 11.3 Å². The van der Waals surface area contributed by atoms with Crippen molar-refractivity contribution in [2.75, 3.05) is 13.2 Å². The van der Waals surface area contributed by atoms with Gasteiger partial charge in [-0.05, 0) is 52.4 Å². The number of benzene rings is 2. The third-order valence-electron chi connectivity index (χ3n) is 4.76. The predicted octanol–water partition coefficient (Wildman–Crippen LogP) is 3.50. The van der Waals surface area contributed by atoms with Gasteiger partial charge in [0.25, 0.3) is 5.91 Å². The lowest BCUT2D eigenvalue weighted by molar-refractivity contribution is -0.128. The summed E-state index contributed by atoms with van der Waals surface area (Å²) in [6.45, 7) is 0.115. The molecule has 1 aliphatic rings. The van der Waals surface area contributed by atoms with E-state index in [4.69, 9.17) is 21.4 Å². The lowest BCUT2D eigenvalue weighted by Gasteiger charge is -2.12. The molecule has 2 heterocycles. The van der Waals surface area contributed by atoms with Gasteiger partial charge in [-0.2, -0.15) is 0 Å². The van der Waals surface area contributed by atoms with Gasteiger partial charge in [0, 0.05) is 9.13 Å². The van der Waals surface area contributed by atoms with Crippen molar-refractivity contribution in [3.05, 3.63) is 68.6 Å². The molecule has 1 atom stereocenters. The van der Waals surface area contributed by atoms with Crippen LogP contribution in [0.3, 0.4) is 0 Å². The topological polar surface area (TPSA) is 108 Å². The number of hydrogen-bond acceptors (Lipinski definition) is 5. The molecule has 1 saturated heterocycles. The van der Waals surface area contributed by atoms with Crippen molar-refractivity contribution >= 4 is 46.1 Å². The van der Waals surface area contributed by atoms with Crippen LogP contribution in [0, 0.1) is 3.57 Å². The molecule has 3 amide bonds. The molecule has 0 spiro atoms. The van der Waals surface area contributed by atoms with Crippen LogP contribution < -0.4 is 10.1 Å². The van der Waals surface area contributed by atoms with Gasteiger partial charge in [-0.1, -0.05) is 29.8 Å². The van der Waals surface area contributed by atoms with E-state index in [-0.39, 0.29) is 25.7 Å². The van der Waals surface area contributed by atoms with Crippen molar-refractivity contribution in [2.24, 2.45) is 0 Å². The highest BCUT2D eigenvalue weighted by atomic mass is 127. The molecule has 0 bridgehead atoms. The number of aromatic amines is 1. The van der Waals surface area contributed by atoms with E-state index in [0.717, 1.165) is 14.0 Å². The Kier molecular flexibility index (Phi) is 6.44. The minimum Gasteiger partial charge on any atom is -0.491 e. The second-order valence-corrected chi connectivity index (χ2v) is 8.47. The van der Waals surface area contributed by atoms with E-state index in [2.05, 4.69) is 37.9 Å². The number of carbonyl (C=O) groups is 2. The van der Waals surface area contributed by atoms with Crippen molar-refractivity contribution in [3.8, 4) is 17.0 Å². The summed E-state index contributed by atoms with van der Waals surface area (Å²) in [5.74, 6) is 0.685. The third-order valence-corrected chi connectivity index (χ3v) is 5.74. The Labute approximate surface area is 196 Å². The number of nitrogens with zero attached hydrogens (tertiary/aromatic N) is 2. The van der Waals surface area contributed by atoms with Crippen LogP contribution in [0.15, 0.2) is 48.7 Å². The number of H-pyrrole nitrogens is 1. The number of aliphatic hydroxyl groups is 1. The monoisotopic (exact) mass is 552 g/mol. The summed E-state index contributed by atoms with van der Waals surface area (Å²) < 4.78 is 6.34. The summed E-state index contributed by atoms with van der Waals surface area (Å²) in [4.78, 5) is 33.8. The number of ether oxygens (including phenoxy) is 1. The summed E-state index contributed by atoms with van der Waals surface area (Å²) in [5.41, 5.74) is 2.14. The van der Waals surface area contributed by atoms with Gasteiger partial charge in [-0.15, -0.1) is 0 Å². The maximum absolute atomic E-state index is 12.9. The summed E-state index contributed by atoms with van der Waals surface area (Å²) in [5, 5.41) is 12.1. The van der Waals surface area contributed by atoms with Gasteiger partial charge in [-0.3, -0.25) is 9.69 Å². The normalized spacial score (nSPS) is 16.0. The fourth-order valence-electron chi connectivity index (χ4n) is 3.25. The number of halogens is 2. The first-order valence-electron chi connectivity index (χ1n) is 9.41. The zero-order valence-electron chi connectivity index (χ0n) is 16.1. The number of carbonyl (C=O) groups excluding carboxylic acids is 2. The van der Waals surface area contributed by atoms with E-state index < -0.39 is 12.1 Å². The molecule has 31 heavy (non-hydrogen) atoms. The second kappa shape index (κ2) is 9.25. The van der Waals surface area contributed by atoms with E-state index in [0.29, 0.717) is 27.9 Å². The van der Waals surface area contributed by atoms with Crippen molar-refractivity contribution < 1.29 is 19.4 Å². The van der Waals surface area contributed by atoms with Gasteiger partial charge in [-0.25, -0.2) is 9.78 Å². The van der Waals surface area contributed by atoms with Crippen molar-refractivity contribution in [1.29, 1.82) is 0 Å². The smallest absolute Gasteiger partial charge is 0.325 e. The molecule has 1 aromatic heterocycles. The fraction of sp³-hybridized carbons (Fsp3) is 0.190. The first-order chi connectivity index (χ1) is 15.0. The second-order valence-electron chi connectivity index (χ2n) is 6.82. The highest BCUT2D eigenvalue weighted by Gasteiger charge is 2.39. The lowest BCUT2D eigenvalue weighted by Crippen LogP contribution is -2.30. The van der Waals surface area contributed by atoms with E-state index in [9.17, 15) is 9.59 Å². The first-order valence-corrected chi connectivity index (χ1v) is 10.9. The number of imide groups is 1. The highest BCUT2D eigenvalue weighted by Crippen LogP contribution is 2.29. The molecule has 3 N–H and O–H groups in total. The van der Waals surface area contributed by atoms with Gasteiger partial charge in [0.2, 0.25) is 0 Å². The molecule has 1 aliphatic heterocycles. The number of urea groups is 1. The number of aliphatic hydroxyl groups excluding tert-OH is 1. The van der Waals surface area contributed by atoms with Gasteiger partial charge in [0.15, 0.2) is 0 Å². The third kappa shape index (κ3) is 4.68. The molecule has 3 aromatic rings. The number of rotatable bonds is 7. The molecule has 0 saturated carbocycles. The Morgan fingerprint density at radius 2 is 1.97 bits per heavy atom. The van der Waals surface area contributed by atoms with Crippen molar-refractivity contribution in [2.45, 2.75) is 12.6 Å². The van der Waals surface area contributed by atoms with Crippen LogP contribution in [0.1, 0.15) is 17.4 Å². The zero-order valence-corrected chi connectivity index (χ0v) is 19.1. The van der Waals surface area contributed by atoms with Crippen LogP contribution in [0.2, 0.25) is 5.02 Å². The molecule has 0 radical (unpaired) electrons. The average Bonchev–Trinajstić information content (AvgIpc) is 3.33. The number of nitrogens with one attached hydrogen (secondary N) is 2. The SMILES string of the molecule is O=C1N[C@H](c2ccc(OCCO)cc2)C(=O)N1Cc1ncc(-c2ccc(I)cc2Cl)[nH]1. The maximum Gasteiger partial charge on any atom is 0.325 e. The van der Waals surface area contributed by atoms with E-state index in [1.165, 1.54) is 0 Å². The molecular weight excluding hydrogens is 535 g/mol. The van der Waals surface area contributed by atoms with Crippen molar-refractivity contribution in [3.63, 3.8) is 0 Å². The van der Waals surface area contributed by atoms with Crippen molar-refractivity contribution in [1.82, 2.24) is 20.2 Å². The molecule has 10 heteroatoms. The number of aromatic nitrogens is 2. The molecule has 0 aliphatic carbocycles. The zero-order chi connectivity index (χ0) is 22.0. The molecular formula is C21H18ClIN4O4. The Balaban J connectivity index is 1.47. The van der Waals surface area contributed by atoms with Gasteiger partial charge in [0.05, 0.1) is 30.1 Å². The number of hydrogen-bond donors (Lipinski definition) is 3. The van der Waals surface area contributed by atoms with E-state index in [1.54, 1.807) is 30.5 Å². The van der Waals surface area contributed by atoms with E-state index >= 15 is 0 Å². The Hall–Kier alpha value is -2.63. The van der Waals surface area contributed by atoms with Crippen LogP contribution in [-0.2, 0) is 11.3 Å². The lowest BCUT2D eigenvalue weighted by atomic mass is 10.1. The summed E-state index contributed by atoms with van der Waals surface area (Å²) >= 11 is 8.50. The average molecular weight is 553 g/mol. The van der Waals surface area contributed by atoms with Gasteiger partial charge < -0.3 is 20.1 Å². The minimum absolute atomic E-state index is 0.0147. The van der Waals surface area contributed by atoms with Crippen LogP contribution in [0.5, 0.6) is 5.75 Å². The van der Waals surface area contributed by atoms with Crippen LogP contribution >= 0.6 is 34.2 Å². The van der Waals surface area contributed by atoms with Gasteiger partial charge >= 0.3 is 6.03 Å². The fourth-order valence-corrected chi connectivity index (χ4v) is 4.21. The summed E-state index contributed by atoms with van der Waals surface area (Å²) in [7, 11) is 0. The Bertz CT molecular complexity index is 1120. The van der Waals surface area contributed by atoms with Gasteiger partial charge in [0.1, 0.15) is 24.2 Å².